The standard InChI is InChI=1S/C22H25N3O3/c1-13(26)25-18-10-3-2-9-16(18)24-17-12-23-22(27)19(17)20(25)15-8-4-6-14-7-5-11-28-21(14)15/h4-8,12,16,18,20,23-24,27H,2-3,9-11H2,1H3/t16-,18-,20-/m1/s1. The number of benzene rings is 1. The molecule has 2 aromatic rings. The Labute approximate surface area is 164 Å². The summed E-state index contributed by atoms with van der Waals surface area (Å²) < 4.78 is 6.01. The highest BCUT2D eigenvalue weighted by molar-refractivity contribution is 5.78. The van der Waals surface area contributed by atoms with Gasteiger partial charge in [0.15, 0.2) is 5.88 Å². The van der Waals surface area contributed by atoms with Gasteiger partial charge in [-0.05, 0) is 18.9 Å². The Morgan fingerprint density at radius 2 is 2.14 bits per heavy atom. The Hall–Kier alpha value is -2.89. The van der Waals surface area contributed by atoms with Gasteiger partial charge in [0.2, 0.25) is 5.91 Å². The van der Waals surface area contributed by atoms with E-state index < -0.39 is 6.04 Å². The van der Waals surface area contributed by atoms with Crippen molar-refractivity contribution in [3.05, 3.63) is 47.2 Å². The normalized spacial score (nSPS) is 25.6. The summed E-state index contributed by atoms with van der Waals surface area (Å²) in [6, 6.07) is 5.88. The van der Waals surface area contributed by atoms with Crippen LogP contribution in [0.3, 0.4) is 0 Å². The molecule has 1 aliphatic carbocycles. The van der Waals surface area contributed by atoms with Crippen molar-refractivity contribution in [3.63, 3.8) is 0 Å². The van der Waals surface area contributed by atoms with Crippen LogP contribution in [0.2, 0.25) is 0 Å². The van der Waals surface area contributed by atoms with Gasteiger partial charge in [-0.15, -0.1) is 0 Å². The van der Waals surface area contributed by atoms with Crippen molar-refractivity contribution in [1.82, 2.24) is 9.88 Å². The van der Waals surface area contributed by atoms with Gasteiger partial charge < -0.3 is 25.0 Å². The first-order valence-corrected chi connectivity index (χ1v) is 10.0. The molecule has 2 aliphatic heterocycles. The number of hydrogen-bond donors (Lipinski definition) is 3. The number of fused-ring (bicyclic) bond motifs is 3. The number of aromatic nitrogens is 1. The predicted molar refractivity (Wildman–Crippen MR) is 107 cm³/mol. The quantitative estimate of drug-likeness (QED) is 0.704. The van der Waals surface area contributed by atoms with Gasteiger partial charge in [-0.25, -0.2) is 0 Å². The number of nitrogens with one attached hydrogen (secondary N) is 2. The van der Waals surface area contributed by atoms with E-state index in [0.29, 0.717) is 6.61 Å². The molecule has 28 heavy (non-hydrogen) atoms. The molecular formula is C22H25N3O3. The zero-order chi connectivity index (χ0) is 19.3. The summed E-state index contributed by atoms with van der Waals surface area (Å²) in [4.78, 5) is 17.9. The van der Waals surface area contributed by atoms with Gasteiger partial charge in [-0.2, -0.15) is 0 Å². The second-order valence-electron chi connectivity index (χ2n) is 7.88. The number of ether oxygens (including phenoxy) is 1. The molecule has 146 valence electrons. The third-order valence-corrected chi connectivity index (χ3v) is 6.23. The van der Waals surface area contributed by atoms with Gasteiger partial charge in [0.1, 0.15) is 12.4 Å². The monoisotopic (exact) mass is 379 g/mol. The molecule has 0 unspecified atom stereocenters. The van der Waals surface area contributed by atoms with Crippen LogP contribution < -0.4 is 10.1 Å². The summed E-state index contributed by atoms with van der Waals surface area (Å²) in [6.07, 6.45) is 10.1. The maximum absolute atomic E-state index is 13.0. The molecule has 1 aromatic carbocycles. The molecule has 0 saturated heterocycles. The van der Waals surface area contributed by atoms with E-state index in [2.05, 4.69) is 16.4 Å². The first-order valence-electron chi connectivity index (χ1n) is 10.0. The van der Waals surface area contributed by atoms with Gasteiger partial charge in [0, 0.05) is 30.3 Å². The number of H-pyrrole nitrogens is 1. The number of amides is 1. The molecule has 6 nitrogen and oxygen atoms in total. The molecule has 1 saturated carbocycles. The van der Waals surface area contributed by atoms with Gasteiger partial charge in [0.25, 0.3) is 0 Å². The fourth-order valence-corrected chi connectivity index (χ4v) is 5.08. The van der Waals surface area contributed by atoms with E-state index in [1.807, 2.05) is 35.4 Å². The number of carbonyl (C=O) groups excluding carboxylic acids is 1. The Morgan fingerprint density at radius 3 is 3.00 bits per heavy atom. The lowest BCUT2D eigenvalue weighted by Crippen LogP contribution is -2.50. The highest BCUT2D eigenvalue weighted by Gasteiger charge is 2.43. The maximum atomic E-state index is 13.0. The third-order valence-electron chi connectivity index (χ3n) is 6.23. The summed E-state index contributed by atoms with van der Waals surface area (Å²) in [5, 5.41) is 14.3. The molecule has 3 N–H and O–H groups in total. The second kappa shape index (κ2) is 6.62. The molecule has 1 amide bonds. The smallest absolute Gasteiger partial charge is 0.220 e. The Bertz CT molecular complexity index is 948. The SMILES string of the molecule is CC(=O)N1[C@H](c2cccc3c2OCC=C3)c2c(c[nH]c2O)N[C@@H]2CCCC[C@H]21. The molecule has 1 aromatic heterocycles. The summed E-state index contributed by atoms with van der Waals surface area (Å²) in [7, 11) is 0. The molecule has 0 spiro atoms. The zero-order valence-corrected chi connectivity index (χ0v) is 15.9. The van der Waals surface area contributed by atoms with Crippen LogP contribution in [-0.2, 0) is 4.79 Å². The van der Waals surface area contributed by atoms with E-state index in [-0.39, 0.29) is 23.9 Å². The Balaban J connectivity index is 1.75. The molecule has 3 atom stereocenters. The van der Waals surface area contributed by atoms with Gasteiger partial charge in [-0.1, -0.05) is 37.1 Å². The average Bonchev–Trinajstić information content (AvgIpc) is 2.98. The first kappa shape index (κ1) is 17.2. The summed E-state index contributed by atoms with van der Waals surface area (Å²) >= 11 is 0. The van der Waals surface area contributed by atoms with Crippen LogP contribution in [0.5, 0.6) is 11.6 Å². The average molecular weight is 379 g/mol. The van der Waals surface area contributed by atoms with Crippen molar-refractivity contribution in [2.75, 3.05) is 11.9 Å². The van der Waals surface area contributed by atoms with Crippen LogP contribution in [0.25, 0.3) is 6.08 Å². The van der Waals surface area contributed by atoms with E-state index >= 15 is 0 Å². The van der Waals surface area contributed by atoms with Crippen molar-refractivity contribution < 1.29 is 14.6 Å². The highest BCUT2D eigenvalue weighted by atomic mass is 16.5. The highest BCUT2D eigenvalue weighted by Crippen LogP contribution is 2.48. The van der Waals surface area contributed by atoms with Gasteiger partial charge >= 0.3 is 0 Å². The van der Waals surface area contributed by atoms with E-state index in [4.69, 9.17) is 4.74 Å². The Morgan fingerprint density at radius 1 is 1.29 bits per heavy atom. The summed E-state index contributed by atoms with van der Waals surface area (Å²) in [6.45, 7) is 2.14. The summed E-state index contributed by atoms with van der Waals surface area (Å²) in [5.74, 6) is 0.907. The van der Waals surface area contributed by atoms with Gasteiger partial charge in [-0.3, -0.25) is 4.79 Å². The van der Waals surface area contributed by atoms with Crippen molar-refractivity contribution in [1.29, 1.82) is 0 Å². The molecule has 3 aliphatic rings. The topological polar surface area (TPSA) is 77.6 Å². The second-order valence-corrected chi connectivity index (χ2v) is 7.88. The summed E-state index contributed by atoms with van der Waals surface area (Å²) in [5.41, 5.74) is 3.51. The number of nitrogens with zero attached hydrogens (tertiary/aromatic N) is 1. The van der Waals surface area contributed by atoms with Crippen molar-refractivity contribution in [2.45, 2.75) is 50.7 Å². The number of aromatic hydroxyl groups is 1. The maximum Gasteiger partial charge on any atom is 0.220 e. The number of hydrogen-bond acceptors (Lipinski definition) is 4. The first-order chi connectivity index (χ1) is 13.6. The van der Waals surface area contributed by atoms with Crippen LogP contribution in [0.15, 0.2) is 30.5 Å². The fourth-order valence-electron chi connectivity index (χ4n) is 5.08. The molecule has 5 rings (SSSR count). The third kappa shape index (κ3) is 2.58. The molecule has 0 bridgehead atoms. The van der Waals surface area contributed by atoms with Crippen molar-refractivity contribution >= 4 is 17.7 Å². The van der Waals surface area contributed by atoms with Crippen molar-refractivity contribution in [3.8, 4) is 11.6 Å². The fraction of sp³-hybridized carbons (Fsp3) is 0.409. The molecule has 1 fully saturated rings. The Kier molecular flexibility index (Phi) is 4.07. The van der Waals surface area contributed by atoms with E-state index in [1.165, 1.54) is 0 Å². The minimum Gasteiger partial charge on any atom is -0.494 e. The van der Waals surface area contributed by atoms with Crippen LogP contribution in [0.1, 0.15) is 55.3 Å². The lowest BCUT2D eigenvalue weighted by atomic mass is 9.87. The van der Waals surface area contributed by atoms with Gasteiger partial charge in [0.05, 0.1) is 23.3 Å². The minimum absolute atomic E-state index is 0.0149. The molecule has 3 heterocycles. The minimum atomic E-state index is -0.402. The van der Waals surface area contributed by atoms with Crippen LogP contribution in [-0.4, -0.2) is 39.6 Å². The van der Waals surface area contributed by atoms with Crippen LogP contribution in [0, 0.1) is 0 Å². The van der Waals surface area contributed by atoms with Crippen LogP contribution >= 0.6 is 0 Å². The zero-order valence-electron chi connectivity index (χ0n) is 15.9. The van der Waals surface area contributed by atoms with E-state index in [0.717, 1.165) is 53.8 Å². The lowest BCUT2D eigenvalue weighted by molar-refractivity contribution is -0.134. The van der Waals surface area contributed by atoms with Crippen LogP contribution in [0.4, 0.5) is 5.69 Å². The lowest BCUT2D eigenvalue weighted by Gasteiger charge is -2.42. The molecular weight excluding hydrogens is 354 g/mol. The number of anilines is 1. The number of para-hydroxylation sites is 1. The largest absolute Gasteiger partial charge is 0.494 e. The molecule has 6 heteroatoms. The number of rotatable bonds is 1. The van der Waals surface area contributed by atoms with E-state index in [9.17, 15) is 9.90 Å². The number of aromatic amines is 1. The predicted octanol–water partition coefficient (Wildman–Crippen LogP) is 3.80. The van der Waals surface area contributed by atoms with E-state index in [1.54, 1.807) is 6.92 Å². The number of carbonyl (C=O) groups is 1. The molecule has 0 radical (unpaired) electrons. The van der Waals surface area contributed by atoms with Crippen molar-refractivity contribution in [2.24, 2.45) is 0 Å².